The monoisotopic (exact) mass is 345 g/mol. The van der Waals surface area contributed by atoms with E-state index in [0.29, 0.717) is 11.3 Å². The van der Waals surface area contributed by atoms with Crippen LogP contribution in [0.25, 0.3) is 0 Å². The first kappa shape index (κ1) is 17.4. The van der Waals surface area contributed by atoms with Gasteiger partial charge in [0.1, 0.15) is 0 Å². The first-order valence-corrected chi connectivity index (χ1v) is 8.32. The van der Waals surface area contributed by atoms with Crippen LogP contribution in [0.5, 0.6) is 0 Å². The Balaban J connectivity index is 1.88. The minimum Gasteiger partial charge on any atom is -0.449 e. The standard InChI is InChI=1S/C22H19NO3/c1-16(24)23-20-14-8-13-19(15-20)22(25)26-21(17-9-4-2-5-10-17)18-11-6-3-7-12-18/h2-15,21H,1H3,(H,23,24). The van der Waals surface area contributed by atoms with E-state index in [1.54, 1.807) is 24.3 Å². The van der Waals surface area contributed by atoms with Crippen LogP contribution in [0.3, 0.4) is 0 Å². The number of carbonyl (C=O) groups excluding carboxylic acids is 2. The number of ether oxygens (including phenoxy) is 1. The predicted molar refractivity (Wildman–Crippen MR) is 101 cm³/mol. The third-order valence-electron chi connectivity index (χ3n) is 3.85. The molecule has 0 atom stereocenters. The van der Waals surface area contributed by atoms with Gasteiger partial charge >= 0.3 is 5.97 Å². The number of amides is 1. The molecule has 0 aromatic heterocycles. The number of hydrogen-bond acceptors (Lipinski definition) is 3. The fourth-order valence-corrected chi connectivity index (χ4v) is 2.69. The van der Waals surface area contributed by atoms with Gasteiger partial charge in [0.15, 0.2) is 6.10 Å². The van der Waals surface area contributed by atoms with E-state index < -0.39 is 12.1 Å². The number of carbonyl (C=O) groups is 2. The molecule has 0 bridgehead atoms. The Bertz CT molecular complexity index is 852. The lowest BCUT2D eigenvalue weighted by Crippen LogP contribution is -2.13. The molecule has 3 aromatic rings. The molecule has 130 valence electrons. The van der Waals surface area contributed by atoms with Crippen molar-refractivity contribution < 1.29 is 14.3 Å². The highest BCUT2D eigenvalue weighted by Crippen LogP contribution is 2.27. The molecule has 0 aliphatic rings. The summed E-state index contributed by atoms with van der Waals surface area (Å²) in [6.45, 7) is 1.42. The van der Waals surface area contributed by atoms with Crippen molar-refractivity contribution in [2.45, 2.75) is 13.0 Å². The summed E-state index contributed by atoms with van der Waals surface area (Å²) in [5.74, 6) is -0.642. The van der Waals surface area contributed by atoms with Gasteiger partial charge in [-0.15, -0.1) is 0 Å². The van der Waals surface area contributed by atoms with E-state index in [4.69, 9.17) is 4.74 Å². The van der Waals surface area contributed by atoms with Crippen molar-refractivity contribution in [2.75, 3.05) is 5.32 Å². The van der Waals surface area contributed by atoms with Gasteiger partial charge in [-0.3, -0.25) is 4.79 Å². The third-order valence-corrected chi connectivity index (χ3v) is 3.85. The molecule has 26 heavy (non-hydrogen) atoms. The minimum atomic E-state index is -0.505. The Morgan fingerprint density at radius 3 is 1.92 bits per heavy atom. The second-order valence-electron chi connectivity index (χ2n) is 5.87. The fourth-order valence-electron chi connectivity index (χ4n) is 2.69. The largest absolute Gasteiger partial charge is 0.449 e. The molecule has 0 heterocycles. The van der Waals surface area contributed by atoms with Crippen LogP contribution in [-0.4, -0.2) is 11.9 Å². The molecule has 0 unspecified atom stereocenters. The molecule has 0 fully saturated rings. The highest BCUT2D eigenvalue weighted by atomic mass is 16.5. The molecule has 0 saturated carbocycles. The van der Waals surface area contributed by atoms with Crippen molar-refractivity contribution in [3.8, 4) is 0 Å². The molecule has 0 aliphatic carbocycles. The summed E-state index contributed by atoms with van der Waals surface area (Å²) in [5.41, 5.74) is 2.73. The molecule has 4 nitrogen and oxygen atoms in total. The van der Waals surface area contributed by atoms with Gasteiger partial charge in [0.25, 0.3) is 0 Å². The second-order valence-corrected chi connectivity index (χ2v) is 5.87. The molecule has 0 aliphatic heterocycles. The van der Waals surface area contributed by atoms with Crippen molar-refractivity contribution in [1.82, 2.24) is 0 Å². The van der Waals surface area contributed by atoms with E-state index in [-0.39, 0.29) is 5.91 Å². The van der Waals surface area contributed by atoms with Gasteiger partial charge in [-0.25, -0.2) is 4.79 Å². The van der Waals surface area contributed by atoms with Gasteiger partial charge in [0.05, 0.1) is 5.56 Å². The van der Waals surface area contributed by atoms with Crippen LogP contribution in [0.15, 0.2) is 84.9 Å². The highest BCUT2D eigenvalue weighted by molar-refractivity contribution is 5.93. The molecule has 3 aromatic carbocycles. The van der Waals surface area contributed by atoms with Crippen molar-refractivity contribution in [3.63, 3.8) is 0 Å². The second kappa shape index (κ2) is 8.12. The molecular formula is C22H19NO3. The highest BCUT2D eigenvalue weighted by Gasteiger charge is 2.20. The van der Waals surface area contributed by atoms with E-state index in [2.05, 4.69) is 5.32 Å². The number of benzene rings is 3. The molecule has 0 spiro atoms. The van der Waals surface area contributed by atoms with Gasteiger partial charge in [0, 0.05) is 12.6 Å². The first-order chi connectivity index (χ1) is 12.6. The Morgan fingerprint density at radius 2 is 1.38 bits per heavy atom. The van der Waals surface area contributed by atoms with Gasteiger partial charge in [-0.05, 0) is 29.3 Å². The van der Waals surface area contributed by atoms with Crippen LogP contribution in [0.1, 0.15) is 34.5 Å². The Labute approximate surface area is 152 Å². The number of rotatable bonds is 5. The quantitative estimate of drug-likeness (QED) is 0.688. The van der Waals surface area contributed by atoms with Crippen LogP contribution < -0.4 is 5.32 Å². The fraction of sp³-hybridized carbons (Fsp3) is 0.0909. The summed E-state index contributed by atoms with van der Waals surface area (Å²) in [6.07, 6.45) is -0.505. The number of nitrogens with one attached hydrogen (secondary N) is 1. The van der Waals surface area contributed by atoms with Crippen LogP contribution in [0.2, 0.25) is 0 Å². The van der Waals surface area contributed by atoms with Crippen LogP contribution >= 0.6 is 0 Å². The normalized spacial score (nSPS) is 10.4. The van der Waals surface area contributed by atoms with Gasteiger partial charge in [-0.2, -0.15) is 0 Å². The summed E-state index contributed by atoms with van der Waals surface area (Å²) in [7, 11) is 0. The van der Waals surface area contributed by atoms with Crippen LogP contribution in [0, 0.1) is 0 Å². The SMILES string of the molecule is CC(=O)Nc1cccc(C(=O)OC(c2ccccc2)c2ccccc2)c1. The van der Waals surface area contributed by atoms with Crippen LogP contribution in [0.4, 0.5) is 5.69 Å². The number of hydrogen-bond donors (Lipinski definition) is 1. The van der Waals surface area contributed by atoms with Crippen molar-refractivity contribution >= 4 is 17.6 Å². The maximum atomic E-state index is 12.7. The minimum absolute atomic E-state index is 0.193. The van der Waals surface area contributed by atoms with E-state index >= 15 is 0 Å². The lowest BCUT2D eigenvalue weighted by Gasteiger charge is -2.19. The smallest absolute Gasteiger partial charge is 0.339 e. The molecule has 3 rings (SSSR count). The third kappa shape index (κ3) is 4.36. The zero-order valence-corrected chi connectivity index (χ0v) is 14.4. The summed E-state index contributed by atoms with van der Waals surface area (Å²) < 4.78 is 5.82. The average molecular weight is 345 g/mol. The molecule has 0 radical (unpaired) electrons. The zero-order valence-electron chi connectivity index (χ0n) is 14.4. The maximum absolute atomic E-state index is 12.7. The maximum Gasteiger partial charge on any atom is 0.339 e. The van der Waals surface area contributed by atoms with Gasteiger partial charge in [0.2, 0.25) is 5.91 Å². The lowest BCUT2D eigenvalue weighted by atomic mass is 10.0. The van der Waals surface area contributed by atoms with E-state index in [0.717, 1.165) is 11.1 Å². The van der Waals surface area contributed by atoms with Crippen molar-refractivity contribution in [1.29, 1.82) is 0 Å². The first-order valence-electron chi connectivity index (χ1n) is 8.32. The predicted octanol–water partition coefficient (Wildman–Crippen LogP) is 4.59. The average Bonchev–Trinajstić information content (AvgIpc) is 2.67. The van der Waals surface area contributed by atoms with E-state index in [9.17, 15) is 9.59 Å². The summed E-state index contributed by atoms with van der Waals surface area (Å²) in [5, 5.41) is 2.67. The van der Waals surface area contributed by atoms with Crippen molar-refractivity contribution in [3.05, 3.63) is 102 Å². The number of esters is 1. The van der Waals surface area contributed by atoms with Crippen molar-refractivity contribution in [2.24, 2.45) is 0 Å². The van der Waals surface area contributed by atoms with Crippen LogP contribution in [-0.2, 0) is 9.53 Å². The van der Waals surface area contributed by atoms with E-state index in [1.165, 1.54) is 6.92 Å². The van der Waals surface area contributed by atoms with Gasteiger partial charge in [-0.1, -0.05) is 66.7 Å². The Hall–Kier alpha value is -3.40. The molecule has 1 amide bonds. The Morgan fingerprint density at radius 1 is 0.808 bits per heavy atom. The Kier molecular flexibility index (Phi) is 5.44. The molecule has 0 saturated heterocycles. The topological polar surface area (TPSA) is 55.4 Å². The zero-order chi connectivity index (χ0) is 18.4. The molecule has 4 heteroatoms. The lowest BCUT2D eigenvalue weighted by molar-refractivity contribution is -0.114. The summed E-state index contributed by atoms with van der Waals surface area (Å²) >= 11 is 0. The van der Waals surface area contributed by atoms with E-state index in [1.807, 2.05) is 60.7 Å². The molecular weight excluding hydrogens is 326 g/mol. The van der Waals surface area contributed by atoms with Gasteiger partial charge < -0.3 is 10.1 Å². The summed E-state index contributed by atoms with van der Waals surface area (Å²) in [6, 6.07) is 25.9. The number of anilines is 1. The molecule has 1 N–H and O–H groups in total. The summed E-state index contributed by atoms with van der Waals surface area (Å²) in [4.78, 5) is 23.9.